The number of nitrogens with zero attached hydrogens (tertiary/aromatic N) is 3. The van der Waals surface area contributed by atoms with Gasteiger partial charge >= 0.3 is 0 Å². The third kappa shape index (κ3) is 2.58. The molecule has 0 saturated heterocycles. The molecule has 0 aliphatic carbocycles. The van der Waals surface area contributed by atoms with E-state index in [1.807, 2.05) is 13.8 Å². The molecule has 2 heterocycles. The van der Waals surface area contributed by atoms with Gasteiger partial charge < -0.3 is 10.2 Å². The van der Waals surface area contributed by atoms with E-state index in [1.54, 1.807) is 13.1 Å². The van der Waals surface area contributed by atoms with E-state index in [-0.39, 0.29) is 0 Å². The molecule has 17 heavy (non-hydrogen) atoms. The average Bonchev–Trinajstić information content (AvgIpc) is 2.71. The van der Waals surface area contributed by atoms with E-state index in [9.17, 15) is 0 Å². The number of rotatable bonds is 3. The first-order valence-electron chi connectivity index (χ1n) is 5.21. The lowest BCUT2D eigenvalue weighted by Gasteiger charge is -2.08. The van der Waals surface area contributed by atoms with Crippen LogP contribution in [-0.2, 0) is 5.75 Å². The van der Waals surface area contributed by atoms with Gasteiger partial charge in [-0.1, -0.05) is 11.8 Å². The Balaban J connectivity index is 2.12. The standard InChI is InChI=1S/C11H14N4OS/c1-6-4-13-9(7(2)10(6)12)5-17-11-15-14-8(3)16-11/h4H,5H2,1-3H3,(H2,12,13). The highest BCUT2D eigenvalue weighted by atomic mass is 32.2. The summed E-state index contributed by atoms with van der Waals surface area (Å²) in [5.74, 6) is 1.25. The van der Waals surface area contributed by atoms with Crippen LogP contribution in [0.4, 0.5) is 5.69 Å². The molecular formula is C11H14N4OS. The Morgan fingerprint density at radius 1 is 1.29 bits per heavy atom. The quantitative estimate of drug-likeness (QED) is 0.842. The summed E-state index contributed by atoms with van der Waals surface area (Å²) in [5.41, 5.74) is 9.74. The van der Waals surface area contributed by atoms with Crippen molar-refractivity contribution in [2.24, 2.45) is 0 Å². The van der Waals surface area contributed by atoms with Crippen LogP contribution in [0.2, 0.25) is 0 Å². The summed E-state index contributed by atoms with van der Waals surface area (Å²) >= 11 is 1.46. The first-order chi connectivity index (χ1) is 8.08. The monoisotopic (exact) mass is 250 g/mol. The number of nitrogens with two attached hydrogens (primary N) is 1. The van der Waals surface area contributed by atoms with Gasteiger partial charge in [-0.2, -0.15) is 0 Å². The minimum atomic E-state index is 0.558. The second-order valence-corrected chi connectivity index (χ2v) is 4.73. The van der Waals surface area contributed by atoms with Gasteiger partial charge in [-0.25, -0.2) is 0 Å². The van der Waals surface area contributed by atoms with Crippen LogP contribution in [-0.4, -0.2) is 15.2 Å². The molecule has 0 aliphatic rings. The Labute approximate surface area is 104 Å². The van der Waals surface area contributed by atoms with Crippen LogP contribution >= 0.6 is 11.8 Å². The maximum atomic E-state index is 5.96. The summed E-state index contributed by atoms with van der Waals surface area (Å²) in [5, 5.41) is 8.25. The molecule has 90 valence electrons. The van der Waals surface area contributed by atoms with Crippen molar-refractivity contribution in [1.82, 2.24) is 15.2 Å². The predicted molar refractivity (Wildman–Crippen MR) is 66.7 cm³/mol. The molecule has 0 unspecified atom stereocenters. The number of aromatic nitrogens is 3. The van der Waals surface area contributed by atoms with Gasteiger partial charge in [0.25, 0.3) is 5.22 Å². The molecule has 2 aromatic heterocycles. The van der Waals surface area contributed by atoms with Crippen molar-refractivity contribution in [3.05, 3.63) is 28.9 Å². The van der Waals surface area contributed by atoms with Crippen LogP contribution in [0.3, 0.4) is 0 Å². The highest BCUT2D eigenvalue weighted by molar-refractivity contribution is 7.98. The maximum Gasteiger partial charge on any atom is 0.276 e. The van der Waals surface area contributed by atoms with Gasteiger partial charge in [0.2, 0.25) is 5.89 Å². The number of hydrogen-bond acceptors (Lipinski definition) is 6. The van der Waals surface area contributed by atoms with Crippen LogP contribution in [0.1, 0.15) is 22.7 Å². The number of nitrogen functional groups attached to an aromatic ring is 1. The fourth-order valence-corrected chi connectivity index (χ4v) is 2.23. The Bertz CT molecular complexity index is 538. The molecular weight excluding hydrogens is 236 g/mol. The van der Waals surface area contributed by atoms with E-state index >= 15 is 0 Å². The average molecular weight is 250 g/mol. The summed E-state index contributed by atoms with van der Waals surface area (Å²) < 4.78 is 5.28. The number of thioether (sulfide) groups is 1. The molecule has 2 aromatic rings. The summed E-state index contributed by atoms with van der Waals surface area (Å²) in [6, 6.07) is 0. The number of aryl methyl sites for hydroxylation is 2. The molecule has 0 radical (unpaired) electrons. The highest BCUT2D eigenvalue weighted by Gasteiger charge is 2.09. The van der Waals surface area contributed by atoms with Crippen LogP contribution < -0.4 is 5.73 Å². The van der Waals surface area contributed by atoms with E-state index < -0.39 is 0 Å². The van der Waals surface area contributed by atoms with Crippen molar-refractivity contribution in [2.75, 3.05) is 5.73 Å². The second kappa shape index (κ2) is 4.75. The molecule has 0 atom stereocenters. The summed E-state index contributed by atoms with van der Waals surface area (Å²) in [4.78, 5) is 4.37. The zero-order valence-electron chi connectivity index (χ0n) is 10.0. The molecule has 2 N–H and O–H groups in total. The Morgan fingerprint density at radius 3 is 2.71 bits per heavy atom. The Kier molecular flexibility index (Phi) is 3.33. The van der Waals surface area contributed by atoms with Crippen molar-refractivity contribution in [3.63, 3.8) is 0 Å². The van der Waals surface area contributed by atoms with E-state index in [0.717, 1.165) is 22.5 Å². The molecule has 0 aliphatic heterocycles. The molecule has 0 fully saturated rings. The van der Waals surface area contributed by atoms with E-state index in [0.29, 0.717) is 16.9 Å². The van der Waals surface area contributed by atoms with Crippen molar-refractivity contribution in [1.29, 1.82) is 0 Å². The lowest BCUT2D eigenvalue weighted by Crippen LogP contribution is -2.00. The lowest BCUT2D eigenvalue weighted by molar-refractivity contribution is 0.429. The zero-order chi connectivity index (χ0) is 12.4. The van der Waals surface area contributed by atoms with Gasteiger partial charge in [0.1, 0.15) is 0 Å². The van der Waals surface area contributed by atoms with Crippen LogP contribution in [0.5, 0.6) is 0 Å². The molecule has 0 saturated carbocycles. The third-order valence-electron chi connectivity index (χ3n) is 2.52. The van der Waals surface area contributed by atoms with E-state index in [2.05, 4.69) is 15.2 Å². The largest absolute Gasteiger partial charge is 0.416 e. The summed E-state index contributed by atoms with van der Waals surface area (Å²) in [6.45, 7) is 5.70. The Hall–Kier alpha value is -1.56. The SMILES string of the molecule is Cc1nnc(SCc2ncc(C)c(N)c2C)o1. The van der Waals surface area contributed by atoms with Gasteiger partial charge in [-0.05, 0) is 25.0 Å². The van der Waals surface area contributed by atoms with Gasteiger partial charge in [0.15, 0.2) is 0 Å². The first-order valence-corrected chi connectivity index (χ1v) is 6.20. The Morgan fingerprint density at radius 2 is 2.06 bits per heavy atom. The topological polar surface area (TPSA) is 77.8 Å². The maximum absolute atomic E-state index is 5.96. The molecule has 6 heteroatoms. The van der Waals surface area contributed by atoms with Crippen molar-refractivity contribution < 1.29 is 4.42 Å². The minimum absolute atomic E-state index is 0.558. The molecule has 0 spiro atoms. The normalized spacial score (nSPS) is 10.8. The van der Waals surface area contributed by atoms with E-state index in [4.69, 9.17) is 10.2 Å². The molecule has 0 amide bonds. The van der Waals surface area contributed by atoms with E-state index in [1.165, 1.54) is 11.8 Å². The number of hydrogen-bond donors (Lipinski definition) is 1. The van der Waals surface area contributed by atoms with Gasteiger partial charge in [-0.15, -0.1) is 10.2 Å². The van der Waals surface area contributed by atoms with Crippen LogP contribution in [0.25, 0.3) is 0 Å². The molecule has 0 aromatic carbocycles. The smallest absolute Gasteiger partial charge is 0.276 e. The molecule has 5 nitrogen and oxygen atoms in total. The summed E-state index contributed by atoms with van der Waals surface area (Å²) in [7, 11) is 0. The summed E-state index contributed by atoms with van der Waals surface area (Å²) in [6.07, 6.45) is 1.79. The predicted octanol–water partition coefficient (Wildman–Crippen LogP) is 2.26. The minimum Gasteiger partial charge on any atom is -0.416 e. The molecule has 2 rings (SSSR count). The number of pyridine rings is 1. The van der Waals surface area contributed by atoms with Crippen molar-refractivity contribution in [2.45, 2.75) is 31.7 Å². The fourth-order valence-electron chi connectivity index (χ4n) is 1.40. The fraction of sp³-hybridized carbons (Fsp3) is 0.364. The van der Waals surface area contributed by atoms with Gasteiger partial charge in [-0.3, -0.25) is 4.98 Å². The van der Waals surface area contributed by atoms with Gasteiger partial charge in [0, 0.05) is 24.6 Å². The lowest BCUT2D eigenvalue weighted by atomic mass is 10.1. The number of anilines is 1. The highest BCUT2D eigenvalue weighted by Crippen LogP contribution is 2.25. The van der Waals surface area contributed by atoms with Crippen LogP contribution in [0.15, 0.2) is 15.8 Å². The third-order valence-corrected chi connectivity index (χ3v) is 3.35. The first kappa shape index (κ1) is 11.9. The van der Waals surface area contributed by atoms with Crippen molar-refractivity contribution >= 4 is 17.4 Å². The van der Waals surface area contributed by atoms with Gasteiger partial charge in [0.05, 0.1) is 5.69 Å². The molecule has 0 bridgehead atoms. The van der Waals surface area contributed by atoms with Crippen LogP contribution in [0, 0.1) is 20.8 Å². The van der Waals surface area contributed by atoms with Crippen molar-refractivity contribution in [3.8, 4) is 0 Å². The second-order valence-electron chi connectivity index (χ2n) is 3.80. The zero-order valence-corrected chi connectivity index (χ0v) is 10.8.